The number of hydrogen-bond acceptors (Lipinski definition) is 4. The van der Waals surface area contributed by atoms with Gasteiger partial charge < -0.3 is 20.5 Å². The fourth-order valence-electron chi connectivity index (χ4n) is 2.47. The van der Waals surface area contributed by atoms with Crippen molar-refractivity contribution >= 4 is 0 Å². The van der Waals surface area contributed by atoms with Crippen molar-refractivity contribution in [1.29, 1.82) is 0 Å². The fourth-order valence-corrected chi connectivity index (χ4v) is 2.47. The van der Waals surface area contributed by atoms with Crippen LogP contribution in [0.4, 0.5) is 0 Å². The summed E-state index contributed by atoms with van der Waals surface area (Å²) in [5.41, 5.74) is 9.05. The lowest BCUT2D eigenvalue weighted by atomic mass is 10.0. The van der Waals surface area contributed by atoms with Crippen molar-refractivity contribution in [2.24, 2.45) is 5.73 Å². The highest BCUT2D eigenvalue weighted by atomic mass is 16.5. The van der Waals surface area contributed by atoms with Crippen molar-refractivity contribution < 1.29 is 9.84 Å². The molecule has 0 fully saturated rings. The molecule has 124 valence electrons. The molecule has 4 nitrogen and oxygen atoms in total. The Morgan fingerprint density at radius 1 is 1.09 bits per heavy atom. The Morgan fingerprint density at radius 3 is 2.57 bits per heavy atom. The van der Waals surface area contributed by atoms with Gasteiger partial charge in [-0.2, -0.15) is 0 Å². The van der Waals surface area contributed by atoms with Crippen molar-refractivity contribution in [3.63, 3.8) is 0 Å². The summed E-state index contributed by atoms with van der Waals surface area (Å²) in [5.74, 6) is 0.879. The highest BCUT2D eigenvalue weighted by Gasteiger charge is 2.07. The number of rotatable bonds is 9. The van der Waals surface area contributed by atoms with Gasteiger partial charge in [0.2, 0.25) is 0 Å². The molecule has 0 aliphatic heterocycles. The molecule has 2 aromatic carbocycles. The van der Waals surface area contributed by atoms with E-state index in [9.17, 15) is 0 Å². The van der Waals surface area contributed by atoms with E-state index in [2.05, 4.69) is 23.1 Å². The van der Waals surface area contributed by atoms with Crippen LogP contribution in [0.1, 0.15) is 12.0 Å². The summed E-state index contributed by atoms with van der Waals surface area (Å²) in [7, 11) is 2.00. The van der Waals surface area contributed by atoms with Crippen LogP contribution in [0, 0.1) is 0 Å². The second-order valence-corrected chi connectivity index (χ2v) is 5.63. The van der Waals surface area contributed by atoms with E-state index in [-0.39, 0.29) is 6.61 Å². The Kier molecular flexibility index (Phi) is 7.07. The van der Waals surface area contributed by atoms with Crippen LogP contribution in [0.25, 0.3) is 11.1 Å². The summed E-state index contributed by atoms with van der Waals surface area (Å²) in [6.45, 7) is 2.93. The first-order valence-corrected chi connectivity index (χ1v) is 8.05. The normalized spacial score (nSPS) is 11.0. The first-order valence-electron chi connectivity index (χ1n) is 8.05. The molecule has 0 aliphatic carbocycles. The van der Waals surface area contributed by atoms with Crippen LogP contribution >= 0.6 is 0 Å². The summed E-state index contributed by atoms with van der Waals surface area (Å²) in [4.78, 5) is 2.10. The van der Waals surface area contributed by atoms with Crippen LogP contribution in [0.3, 0.4) is 0 Å². The van der Waals surface area contributed by atoms with Crippen molar-refractivity contribution in [1.82, 2.24) is 4.90 Å². The first-order chi connectivity index (χ1) is 11.2. The molecular formula is C19H26N2O2. The average molecular weight is 314 g/mol. The zero-order valence-corrected chi connectivity index (χ0v) is 13.7. The highest BCUT2D eigenvalue weighted by Crippen LogP contribution is 2.31. The predicted molar refractivity (Wildman–Crippen MR) is 94.5 cm³/mol. The predicted octanol–water partition coefficient (Wildman–Crippen LogP) is 2.51. The van der Waals surface area contributed by atoms with Gasteiger partial charge in [-0.15, -0.1) is 0 Å². The maximum Gasteiger partial charge on any atom is 0.127 e. The summed E-state index contributed by atoms with van der Waals surface area (Å²) in [6, 6.07) is 16.4. The molecule has 0 saturated carbocycles. The topological polar surface area (TPSA) is 58.7 Å². The largest absolute Gasteiger partial charge is 0.493 e. The van der Waals surface area contributed by atoms with Crippen LogP contribution in [0.2, 0.25) is 0 Å². The van der Waals surface area contributed by atoms with Gasteiger partial charge >= 0.3 is 0 Å². The second kappa shape index (κ2) is 9.30. The number of benzene rings is 2. The molecule has 23 heavy (non-hydrogen) atoms. The number of nitrogens with two attached hydrogens (primary N) is 1. The standard InChI is InChI=1S/C19H26N2O2/c1-21(11-12-22)10-5-13-23-19-14-16(15-20)8-9-18(19)17-6-3-2-4-7-17/h2-4,6-9,14,22H,5,10-13,15,20H2,1H3. The minimum atomic E-state index is 0.189. The number of ether oxygens (including phenoxy) is 1. The summed E-state index contributed by atoms with van der Waals surface area (Å²) in [6.07, 6.45) is 0.914. The van der Waals surface area contributed by atoms with Gasteiger partial charge in [-0.1, -0.05) is 42.5 Å². The Bertz CT molecular complexity index is 587. The van der Waals surface area contributed by atoms with Gasteiger partial charge in [0.05, 0.1) is 13.2 Å². The second-order valence-electron chi connectivity index (χ2n) is 5.63. The molecule has 3 N–H and O–H groups in total. The summed E-state index contributed by atoms with van der Waals surface area (Å²) < 4.78 is 6.02. The Morgan fingerprint density at radius 2 is 1.87 bits per heavy atom. The fraction of sp³-hybridized carbons (Fsp3) is 0.368. The lowest BCUT2D eigenvalue weighted by molar-refractivity contribution is 0.208. The zero-order chi connectivity index (χ0) is 16.5. The van der Waals surface area contributed by atoms with Crippen molar-refractivity contribution in [2.45, 2.75) is 13.0 Å². The molecule has 0 unspecified atom stereocenters. The maximum absolute atomic E-state index is 8.91. The Balaban J connectivity index is 2.04. The summed E-state index contributed by atoms with van der Waals surface area (Å²) >= 11 is 0. The van der Waals surface area contributed by atoms with Crippen LogP contribution < -0.4 is 10.5 Å². The van der Waals surface area contributed by atoms with Crippen LogP contribution in [0.5, 0.6) is 5.75 Å². The first kappa shape index (κ1) is 17.5. The third-order valence-corrected chi connectivity index (χ3v) is 3.79. The number of hydrogen-bond donors (Lipinski definition) is 2. The van der Waals surface area contributed by atoms with E-state index in [1.807, 2.05) is 37.4 Å². The van der Waals surface area contributed by atoms with E-state index in [0.717, 1.165) is 35.4 Å². The number of aliphatic hydroxyl groups is 1. The van der Waals surface area contributed by atoms with E-state index < -0.39 is 0 Å². The van der Waals surface area contributed by atoms with Crippen molar-refractivity contribution in [3.8, 4) is 16.9 Å². The molecule has 0 atom stereocenters. The number of aliphatic hydroxyl groups excluding tert-OH is 1. The monoisotopic (exact) mass is 314 g/mol. The van der Waals surface area contributed by atoms with Gasteiger partial charge in [0.15, 0.2) is 0 Å². The van der Waals surface area contributed by atoms with E-state index in [0.29, 0.717) is 19.7 Å². The van der Waals surface area contributed by atoms with E-state index in [1.165, 1.54) is 0 Å². The molecule has 4 heteroatoms. The molecule has 0 aliphatic rings. The molecule has 2 aromatic rings. The van der Waals surface area contributed by atoms with Gasteiger partial charge in [-0.3, -0.25) is 0 Å². The minimum Gasteiger partial charge on any atom is -0.493 e. The van der Waals surface area contributed by atoms with E-state index in [4.69, 9.17) is 15.6 Å². The Hall–Kier alpha value is -1.88. The van der Waals surface area contributed by atoms with Crippen LogP contribution in [-0.2, 0) is 6.54 Å². The minimum absolute atomic E-state index is 0.189. The smallest absolute Gasteiger partial charge is 0.127 e. The highest BCUT2D eigenvalue weighted by molar-refractivity contribution is 5.70. The molecule has 0 saturated heterocycles. The van der Waals surface area contributed by atoms with Gasteiger partial charge in [-0.25, -0.2) is 0 Å². The molecule has 2 rings (SSSR count). The molecule has 0 spiro atoms. The van der Waals surface area contributed by atoms with Gasteiger partial charge in [-0.05, 0) is 30.7 Å². The molecule has 0 bridgehead atoms. The lowest BCUT2D eigenvalue weighted by Crippen LogP contribution is -2.24. The Labute approximate surface area is 138 Å². The van der Waals surface area contributed by atoms with E-state index >= 15 is 0 Å². The molecule has 0 radical (unpaired) electrons. The van der Waals surface area contributed by atoms with Crippen LogP contribution in [-0.4, -0.2) is 43.4 Å². The SMILES string of the molecule is CN(CCO)CCCOc1cc(CN)ccc1-c1ccccc1. The quantitative estimate of drug-likeness (QED) is 0.698. The van der Waals surface area contributed by atoms with Gasteiger partial charge in [0.1, 0.15) is 5.75 Å². The van der Waals surface area contributed by atoms with Crippen LogP contribution in [0.15, 0.2) is 48.5 Å². The molecule has 0 aromatic heterocycles. The van der Waals surface area contributed by atoms with Gasteiger partial charge in [0, 0.05) is 25.2 Å². The molecule has 0 heterocycles. The molecular weight excluding hydrogens is 288 g/mol. The van der Waals surface area contributed by atoms with E-state index in [1.54, 1.807) is 0 Å². The zero-order valence-electron chi connectivity index (χ0n) is 13.7. The third-order valence-electron chi connectivity index (χ3n) is 3.79. The molecule has 0 amide bonds. The van der Waals surface area contributed by atoms with Crippen molar-refractivity contribution in [3.05, 3.63) is 54.1 Å². The third kappa shape index (κ3) is 5.36. The summed E-state index contributed by atoms with van der Waals surface area (Å²) in [5, 5.41) is 8.91. The number of likely N-dealkylation sites (N-methyl/N-ethyl adjacent to an activating group) is 1. The lowest BCUT2D eigenvalue weighted by Gasteiger charge is -2.16. The van der Waals surface area contributed by atoms with Gasteiger partial charge in [0.25, 0.3) is 0 Å². The van der Waals surface area contributed by atoms with Crippen molar-refractivity contribution in [2.75, 3.05) is 33.4 Å². The number of nitrogens with zero attached hydrogens (tertiary/aromatic N) is 1. The maximum atomic E-state index is 8.91. The average Bonchev–Trinajstić information content (AvgIpc) is 2.59.